The first-order valence-corrected chi connectivity index (χ1v) is 2.76. The number of carbonyl (C=O) groups is 3. The fraction of sp³-hybridized carbons (Fsp3) is 0.333. The van der Waals surface area contributed by atoms with Crippen molar-refractivity contribution in [3.63, 3.8) is 0 Å². The average Bonchev–Trinajstić information content (AvgIpc) is 1.84. The van der Waals surface area contributed by atoms with Crippen LogP contribution in [0.15, 0.2) is 0 Å². The Kier molecular flexibility index (Phi) is 47.3. The zero-order chi connectivity index (χ0) is 11.4. The second kappa shape index (κ2) is 24.0. The summed E-state index contributed by atoms with van der Waals surface area (Å²) in [5.74, 6) is -3.11. The minimum absolute atomic E-state index is 0. The van der Waals surface area contributed by atoms with Crippen molar-refractivity contribution in [1.82, 2.24) is 0 Å². The molecule has 0 radical (unpaired) electrons. The van der Waals surface area contributed by atoms with Crippen LogP contribution in [0.3, 0.4) is 0 Å². The summed E-state index contributed by atoms with van der Waals surface area (Å²) in [5, 5.41) is 29.5. The molecule has 0 amide bonds. The Morgan fingerprint density at radius 2 is 1.13 bits per heavy atom. The van der Waals surface area contributed by atoms with Crippen LogP contribution in [-0.2, 0) is 14.4 Å². The van der Waals surface area contributed by atoms with Crippen LogP contribution in [-0.4, -0.2) is 33.2 Å². The SMILES string of the molecule is CC(=O)O.CC(=O)O.N#CC(=O)O.[H-].[H-].[K+].[Na+]. The maximum atomic E-state index is 9.01. The number of nitriles is 1. The van der Waals surface area contributed by atoms with Crippen LogP contribution >= 0.6 is 0 Å². The Bertz CT molecular complexity index is 215. The van der Waals surface area contributed by atoms with E-state index in [2.05, 4.69) is 0 Å². The van der Waals surface area contributed by atoms with Crippen LogP contribution in [0.25, 0.3) is 0 Å². The van der Waals surface area contributed by atoms with Crippen LogP contribution in [0.2, 0.25) is 0 Å². The third-order valence-corrected chi connectivity index (χ3v) is 0.0956. The van der Waals surface area contributed by atoms with Gasteiger partial charge in [-0.1, -0.05) is 0 Å². The third-order valence-electron chi connectivity index (χ3n) is 0.0956. The van der Waals surface area contributed by atoms with Gasteiger partial charge in [0.25, 0.3) is 11.9 Å². The van der Waals surface area contributed by atoms with E-state index in [9.17, 15) is 0 Å². The number of rotatable bonds is 0. The van der Waals surface area contributed by atoms with Gasteiger partial charge in [-0.15, -0.1) is 0 Å². The van der Waals surface area contributed by atoms with E-state index in [0.717, 1.165) is 19.9 Å². The van der Waals surface area contributed by atoms with Gasteiger partial charge in [0.15, 0.2) is 6.07 Å². The monoisotopic (exact) mass is 255 g/mol. The van der Waals surface area contributed by atoms with Gasteiger partial charge in [0, 0.05) is 13.8 Å². The van der Waals surface area contributed by atoms with E-state index in [4.69, 9.17) is 35.0 Å². The summed E-state index contributed by atoms with van der Waals surface area (Å²) in [5.41, 5.74) is 0. The number of aliphatic carboxylic acids is 3. The fourth-order valence-electron chi connectivity index (χ4n) is 0. The first kappa shape index (κ1) is 29.6. The number of hydrogen-bond acceptors (Lipinski definition) is 4. The molecule has 0 aliphatic rings. The summed E-state index contributed by atoms with van der Waals surface area (Å²) in [4.78, 5) is 27.0. The quantitative estimate of drug-likeness (QED) is 0.223. The van der Waals surface area contributed by atoms with Crippen LogP contribution in [0.5, 0.6) is 0 Å². The molecule has 3 N–H and O–H groups in total. The molecule has 15 heavy (non-hydrogen) atoms. The van der Waals surface area contributed by atoms with Crippen LogP contribution in [0.4, 0.5) is 0 Å². The summed E-state index contributed by atoms with van der Waals surface area (Å²) >= 11 is 0. The summed E-state index contributed by atoms with van der Waals surface area (Å²) in [6.07, 6.45) is 0. The molecule has 7 nitrogen and oxygen atoms in total. The second-order valence-corrected chi connectivity index (χ2v) is 1.45. The number of carboxylic acid groups (broad SMARTS) is 3. The molecule has 0 aromatic rings. The van der Waals surface area contributed by atoms with E-state index in [1.807, 2.05) is 0 Å². The van der Waals surface area contributed by atoms with Gasteiger partial charge in [0.05, 0.1) is 0 Å². The van der Waals surface area contributed by atoms with Crippen molar-refractivity contribution in [3.8, 4) is 6.07 Å². The summed E-state index contributed by atoms with van der Waals surface area (Å²) in [6, 6.07) is 0.944. The number of hydrogen-bond donors (Lipinski definition) is 3. The first-order chi connectivity index (χ1) is 5.73. The van der Waals surface area contributed by atoms with Gasteiger partial charge in [-0.25, -0.2) is 4.79 Å². The molecule has 9 heteroatoms. The smallest absolute Gasteiger partial charge is 1.00 e. The molecule has 0 aliphatic carbocycles. The maximum absolute atomic E-state index is 9.01. The van der Waals surface area contributed by atoms with Crippen molar-refractivity contribution in [1.29, 1.82) is 5.26 Å². The molecular formula is C6H11KNNaO6. The van der Waals surface area contributed by atoms with Crippen molar-refractivity contribution >= 4 is 17.9 Å². The molecule has 0 saturated heterocycles. The normalized spacial score (nSPS) is 5.13. The van der Waals surface area contributed by atoms with Crippen LogP contribution in [0.1, 0.15) is 16.7 Å². The van der Waals surface area contributed by atoms with Crippen molar-refractivity contribution in [2.45, 2.75) is 13.8 Å². The summed E-state index contributed by atoms with van der Waals surface area (Å²) < 4.78 is 0. The molecule has 0 heterocycles. The first-order valence-electron chi connectivity index (χ1n) is 2.76. The topological polar surface area (TPSA) is 136 Å². The van der Waals surface area contributed by atoms with Gasteiger partial charge < -0.3 is 18.2 Å². The molecule has 0 atom stereocenters. The van der Waals surface area contributed by atoms with E-state index < -0.39 is 17.9 Å². The minimum atomic E-state index is -1.44. The molecule has 0 rings (SSSR count). The van der Waals surface area contributed by atoms with Crippen molar-refractivity contribution < 1.29 is 113 Å². The molecule has 0 aliphatic heterocycles. The van der Waals surface area contributed by atoms with Crippen LogP contribution < -0.4 is 80.9 Å². The zero-order valence-corrected chi connectivity index (χ0v) is 14.1. The van der Waals surface area contributed by atoms with Crippen molar-refractivity contribution in [2.24, 2.45) is 0 Å². The van der Waals surface area contributed by atoms with Crippen molar-refractivity contribution in [3.05, 3.63) is 0 Å². The van der Waals surface area contributed by atoms with E-state index in [-0.39, 0.29) is 83.8 Å². The van der Waals surface area contributed by atoms with E-state index >= 15 is 0 Å². The maximum Gasteiger partial charge on any atom is 1.00 e. The minimum Gasteiger partial charge on any atom is -1.00 e. The number of carboxylic acids is 3. The Balaban J connectivity index is -0.0000000159. The molecule has 0 bridgehead atoms. The Morgan fingerprint density at radius 1 is 1.07 bits per heavy atom. The molecule has 0 spiro atoms. The van der Waals surface area contributed by atoms with Gasteiger partial charge >= 0.3 is 86.9 Å². The molecule has 0 aromatic carbocycles. The molecule has 0 fully saturated rings. The van der Waals surface area contributed by atoms with Crippen molar-refractivity contribution in [2.75, 3.05) is 0 Å². The Morgan fingerprint density at radius 3 is 1.13 bits per heavy atom. The van der Waals surface area contributed by atoms with Gasteiger partial charge in [0.2, 0.25) is 0 Å². The largest absolute Gasteiger partial charge is 1.00 e. The predicted octanol–water partition coefficient (Wildman–Crippen LogP) is -5.99. The van der Waals surface area contributed by atoms with Gasteiger partial charge in [-0.2, -0.15) is 5.26 Å². The van der Waals surface area contributed by atoms with Gasteiger partial charge in [-0.05, 0) is 0 Å². The Labute approximate surface area is 154 Å². The molecule has 0 aromatic heterocycles. The molecular weight excluding hydrogens is 244 g/mol. The third kappa shape index (κ3) is 355. The van der Waals surface area contributed by atoms with Crippen LogP contribution in [0, 0.1) is 11.3 Å². The zero-order valence-electron chi connectivity index (χ0n) is 11.0. The molecule has 0 saturated carbocycles. The van der Waals surface area contributed by atoms with Gasteiger partial charge in [0.1, 0.15) is 0 Å². The summed E-state index contributed by atoms with van der Waals surface area (Å²) in [6.45, 7) is 2.17. The van der Waals surface area contributed by atoms with E-state index in [1.165, 1.54) is 0 Å². The van der Waals surface area contributed by atoms with E-state index in [1.54, 1.807) is 0 Å². The predicted molar refractivity (Wildman–Crippen MR) is 42.1 cm³/mol. The second-order valence-electron chi connectivity index (χ2n) is 1.45. The van der Waals surface area contributed by atoms with E-state index in [0.29, 0.717) is 0 Å². The summed E-state index contributed by atoms with van der Waals surface area (Å²) in [7, 11) is 0. The number of nitrogens with zero attached hydrogens (tertiary/aromatic N) is 1. The molecule has 0 unspecified atom stereocenters. The van der Waals surface area contributed by atoms with Gasteiger partial charge in [-0.3, -0.25) is 9.59 Å². The molecule has 78 valence electrons. The fourth-order valence-corrected chi connectivity index (χ4v) is 0. The Hall–Kier alpha value is 0.536. The average molecular weight is 255 g/mol. The standard InChI is InChI=1S/C2HNO2.2C2H4O2.K.Na.2H/c3-1-2(4)5;2*1-2(3)4;;;;/h(H,4,5);2*1H3,(H,3,4);;;;/q;;;2*+1;2*-1.